The summed E-state index contributed by atoms with van der Waals surface area (Å²) < 4.78 is 34.2. The summed E-state index contributed by atoms with van der Waals surface area (Å²) in [4.78, 5) is 54.9. The minimum Gasteiger partial charge on any atom is -0.494 e. The minimum absolute atomic E-state index is 0.131. The summed E-state index contributed by atoms with van der Waals surface area (Å²) in [6, 6.07) is 13.2. The number of hydrogen-bond acceptors (Lipinski definition) is 6. The van der Waals surface area contributed by atoms with Crippen LogP contribution in [0.25, 0.3) is 0 Å². The van der Waals surface area contributed by atoms with Crippen LogP contribution in [-0.2, 0) is 32.1 Å². The third-order valence-electron chi connectivity index (χ3n) is 8.61. The average molecular weight is 629 g/mol. The zero-order valence-electron chi connectivity index (χ0n) is 25.7. The van der Waals surface area contributed by atoms with Gasteiger partial charge in [-0.2, -0.15) is 8.78 Å². The molecule has 244 valence electrons. The van der Waals surface area contributed by atoms with Crippen molar-refractivity contribution in [3.63, 3.8) is 0 Å². The zero-order valence-corrected chi connectivity index (χ0v) is 25.7. The molecule has 1 fully saturated rings. The number of aliphatic hydroxyl groups excluding tert-OH is 1. The fraction of sp³-hybridized carbons (Fsp3) is 0.515. The Bertz CT molecular complexity index is 1370. The van der Waals surface area contributed by atoms with Crippen molar-refractivity contribution in [2.45, 2.75) is 76.4 Å². The molecule has 2 aromatic carbocycles. The van der Waals surface area contributed by atoms with Crippen LogP contribution in [-0.4, -0.2) is 77.4 Å². The van der Waals surface area contributed by atoms with Gasteiger partial charge >= 0.3 is 5.92 Å². The van der Waals surface area contributed by atoms with Crippen molar-refractivity contribution in [2.24, 2.45) is 5.92 Å². The number of halogens is 2. The third-order valence-corrected chi connectivity index (χ3v) is 8.61. The summed E-state index contributed by atoms with van der Waals surface area (Å²) in [7, 11) is 0. The number of nitrogens with zero attached hydrogens (tertiary/aromatic N) is 1. The predicted octanol–water partition coefficient (Wildman–Crippen LogP) is 2.64. The van der Waals surface area contributed by atoms with Crippen molar-refractivity contribution >= 4 is 23.6 Å². The summed E-state index contributed by atoms with van der Waals surface area (Å²) in [5.41, 5.74) is 1.11. The first-order valence-corrected chi connectivity index (χ1v) is 15.3. The largest absolute Gasteiger partial charge is 0.494 e. The van der Waals surface area contributed by atoms with Crippen molar-refractivity contribution in [2.75, 3.05) is 26.3 Å². The standard InChI is InChI=1S/C33H42F2N4O6/c1-22-10-11-26-17-25(22)19-36-30(43)32(2,14-12-23-7-4-3-5-8-23)38-29(42)27(37-31(44)33(34,35)21-40)18-28(41)39-15-6-9-24(20-39)13-16-45-26/h3-5,7-8,10-11,17,24,27,40H,6,9,12-16,18-21H2,1-2H3,(H,36,43)(H,37,44)(H,38,42)/t24?,27-,32+/m0/s1. The molecule has 45 heavy (non-hydrogen) atoms. The van der Waals surface area contributed by atoms with Gasteiger partial charge in [-0.25, -0.2) is 0 Å². The van der Waals surface area contributed by atoms with E-state index in [4.69, 9.17) is 9.84 Å². The summed E-state index contributed by atoms with van der Waals surface area (Å²) in [6.07, 6.45) is 2.19. The van der Waals surface area contributed by atoms with Gasteiger partial charge in [0.25, 0.3) is 5.91 Å². The number of piperidine rings is 1. The summed E-state index contributed by atoms with van der Waals surface area (Å²) in [5, 5.41) is 16.6. The predicted molar refractivity (Wildman–Crippen MR) is 162 cm³/mol. The molecule has 4 amide bonds. The number of aliphatic hydroxyl groups is 1. The van der Waals surface area contributed by atoms with Crippen molar-refractivity contribution in [1.82, 2.24) is 20.9 Å². The number of fused-ring (bicyclic) bond motifs is 4. The molecule has 1 saturated heterocycles. The number of carbonyl (C=O) groups excluding carboxylic acids is 4. The van der Waals surface area contributed by atoms with Crippen LogP contribution >= 0.6 is 0 Å². The lowest BCUT2D eigenvalue weighted by Crippen LogP contribution is -2.62. The van der Waals surface area contributed by atoms with Gasteiger partial charge in [-0.3, -0.25) is 19.2 Å². The van der Waals surface area contributed by atoms with E-state index in [-0.39, 0.29) is 18.9 Å². The number of rotatable bonds is 6. The molecule has 2 heterocycles. The number of benzene rings is 2. The van der Waals surface area contributed by atoms with Gasteiger partial charge in [-0.05, 0) is 80.7 Å². The van der Waals surface area contributed by atoms with Crippen LogP contribution < -0.4 is 20.7 Å². The summed E-state index contributed by atoms with van der Waals surface area (Å²) >= 11 is 0. The molecular weight excluding hydrogens is 586 g/mol. The van der Waals surface area contributed by atoms with Crippen LogP contribution in [0.4, 0.5) is 8.78 Å². The van der Waals surface area contributed by atoms with Gasteiger partial charge < -0.3 is 30.7 Å². The average Bonchev–Trinajstić information content (AvgIpc) is 3.03. The Kier molecular flexibility index (Phi) is 11.1. The first kappa shape index (κ1) is 33.8. The molecule has 4 rings (SSSR count). The van der Waals surface area contributed by atoms with E-state index in [2.05, 4.69) is 10.6 Å². The number of aryl methyl sites for hydroxylation is 2. The number of hydrogen-bond donors (Lipinski definition) is 4. The third kappa shape index (κ3) is 9.00. The van der Waals surface area contributed by atoms with E-state index >= 15 is 0 Å². The molecule has 0 aliphatic carbocycles. The van der Waals surface area contributed by atoms with Crippen molar-refractivity contribution < 1.29 is 37.8 Å². The molecule has 0 spiro atoms. The lowest BCUT2D eigenvalue weighted by Gasteiger charge is -2.35. The highest BCUT2D eigenvalue weighted by Gasteiger charge is 2.43. The SMILES string of the molecule is Cc1ccc2cc1CNC(=O)[C@@](C)(CCc1ccccc1)NC(=O)[C@@H](NC(=O)C(F)(F)CO)CC(=O)N1CCCC(CCO2)C1. The number of alkyl halides is 2. The molecule has 0 aromatic heterocycles. The van der Waals surface area contributed by atoms with E-state index in [1.54, 1.807) is 4.90 Å². The van der Waals surface area contributed by atoms with E-state index in [0.29, 0.717) is 44.7 Å². The molecular formula is C33H42F2N4O6. The van der Waals surface area contributed by atoms with E-state index in [0.717, 1.165) is 23.1 Å². The Morgan fingerprint density at radius 1 is 1.16 bits per heavy atom. The van der Waals surface area contributed by atoms with Crippen LogP contribution in [0.5, 0.6) is 5.75 Å². The smallest absolute Gasteiger partial charge is 0.346 e. The van der Waals surface area contributed by atoms with E-state index < -0.39 is 54.2 Å². The lowest BCUT2D eigenvalue weighted by molar-refractivity contribution is -0.153. The topological polar surface area (TPSA) is 137 Å². The summed E-state index contributed by atoms with van der Waals surface area (Å²) in [6.45, 7) is 3.03. The van der Waals surface area contributed by atoms with Gasteiger partial charge in [-0.1, -0.05) is 36.4 Å². The monoisotopic (exact) mass is 628 g/mol. The number of carbonyl (C=O) groups is 4. The van der Waals surface area contributed by atoms with E-state index in [1.165, 1.54) is 6.92 Å². The molecule has 2 aliphatic rings. The normalized spacial score (nSPS) is 23.6. The molecule has 2 aliphatic heterocycles. The Balaban J connectivity index is 1.67. The number of amides is 4. The van der Waals surface area contributed by atoms with Crippen molar-refractivity contribution in [3.05, 3.63) is 65.2 Å². The van der Waals surface area contributed by atoms with E-state index in [1.807, 2.05) is 60.8 Å². The lowest BCUT2D eigenvalue weighted by atomic mass is 9.91. The maximum atomic E-state index is 14.1. The highest BCUT2D eigenvalue weighted by Crippen LogP contribution is 2.24. The first-order valence-electron chi connectivity index (χ1n) is 15.3. The Labute approximate surface area is 261 Å². The van der Waals surface area contributed by atoms with Crippen LogP contribution in [0.15, 0.2) is 48.5 Å². The molecule has 4 bridgehead atoms. The zero-order chi connectivity index (χ0) is 32.6. The maximum absolute atomic E-state index is 14.1. The second-order valence-electron chi connectivity index (χ2n) is 12.2. The number of ether oxygens (including phenoxy) is 1. The maximum Gasteiger partial charge on any atom is 0.346 e. The van der Waals surface area contributed by atoms with Crippen LogP contribution in [0.1, 0.15) is 55.7 Å². The van der Waals surface area contributed by atoms with Gasteiger partial charge in [0, 0.05) is 19.6 Å². The minimum atomic E-state index is -4.17. The molecule has 0 saturated carbocycles. The molecule has 2 aromatic rings. The van der Waals surface area contributed by atoms with Gasteiger partial charge in [0.15, 0.2) is 0 Å². The van der Waals surface area contributed by atoms with Gasteiger partial charge in [0.05, 0.1) is 13.0 Å². The molecule has 0 radical (unpaired) electrons. The van der Waals surface area contributed by atoms with E-state index in [9.17, 15) is 28.0 Å². The quantitative estimate of drug-likeness (QED) is 0.389. The van der Waals surface area contributed by atoms with Gasteiger partial charge in [0.2, 0.25) is 17.7 Å². The Hall–Kier alpha value is -4.06. The van der Waals surface area contributed by atoms with Crippen molar-refractivity contribution in [1.29, 1.82) is 0 Å². The highest BCUT2D eigenvalue weighted by molar-refractivity contribution is 5.97. The van der Waals surface area contributed by atoms with Crippen LogP contribution in [0.2, 0.25) is 0 Å². The van der Waals surface area contributed by atoms with Crippen LogP contribution in [0, 0.1) is 12.8 Å². The fourth-order valence-electron chi connectivity index (χ4n) is 5.65. The fourth-order valence-corrected chi connectivity index (χ4v) is 5.65. The molecule has 12 heteroatoms. The molecule has 3 atom stereocenters. The van der Waals surface area contributed by atoms with Gasteiger partial charge in [0.1, 0.15) is 23.9 Å². The highest BCUT2D eigenvalue weighted by atomic mass is 19.3. The Morgan fingerprint density at radius 3 is 2.64 bits per heavy atom. The molecule has 4 N–H and O–H groups in total. The summed E-state index contributed by atoms with van der Waals surface area (Å²) in [5.74, 6) is -7.26. The molecule has 10 nitrogen and oxygen atoms in total. The second kappa shape index (κ2) is 14.8. The van der Waals surface area contributed by atoms with Gasteiger partial charge in [-0.15, -0.1) is 0 Å². The first-order chi connectivity index (χ1) is 21.4. The second-order valence-corrected chi connectivity index (χ2v) is 12.2. The van der Waals surface area contributed by atoms with Crippen LogP contribution in [0.3, 0.4) is 0 Å². The molecule has 1 unspecified atom stereocenters. The van der Waals surface area contributed by atoms with Crippen molar-refractivity contribution in [3.8, 4) is 5.75 Å². The number of nitrogens with one attached hydrogen (secondary N) is 3. The Morgan fingerprint density at radius 2 is 1.91 bits per heavy atom.